The van der Waals surface area contributed by atoms with E-state index >= 15 is 0 Å². The van der Waals surface area contributed by atoms with Crippen LogP contribution in [-0.2, 0) is 10.9 Å². The molecule has 20 heavy (non-hydrogen) atoms. The zero-order valence-corrected chi connectivity index (χ0v) is 11.7. The predicted molar refractivity (Wildman–Crippen MR) is 76.7 cm³/mol. The van der Waals surface area contributed by atoms with Crippen LogP contribution in [0.15, 0.2) is 75.9 Å². The molecule has 4 heteroatoms. The van der Waals surface area contributed by atoms with E-state index in [0.29, 0.717) is 6.08 Å². The SMILES string of the molecule is Cc1ccc([S+](C=CC(F)(F)F)c2ccccc2)cc1. The van der Waals surface area contributed by atoms with E-state index in [-0.39, 0.29) is 0 Å². The molecule has 0 aliphatic heterocycles. The normalized spacial score (nSPS) is 13.6. The zero-order valence-electron chi connectivity index (χ0n) is 10.9. The van der Waals surface area contributed by atoms with Crippen molar-refractivity contribution in [2.75, 3.05) is 0 Å². The number of allylic oxidation sites excluding steroid dienone is 1. The van der Waals surface area contributed by atoms with Gasteiger partial charge in [-0.05, 0) is 31.2 Å². The van der Waals surface area contributed by atoms with Crippen molar-refractivity contribution in [3.63, 3.8) is 0 Å². The Morgan fingerprint density at radius 3 is 1.95 bits per heavy atom. The lowest BCUT2D eigenvalue weighted by atomic mass is 10.2. The van der Waals surface area contributed by atoms with E-state index in [9.17, 15) is 13.2 Å². The Balaban J connectivity index is 2.39. The summed E-state index contributed by atoms with van der Waals surface area (Å²) in [6.45, 7) is 1.95. The number of alkyl halides is 3. The van der Waals surface area contributed by atoms with Gasteiger partial charge in [0.2, 0.25) is 0 Å². The summed E-state index contributed by atoms with van der Waals surface area (Å²) in [4.78, 5) is 1.75. The first-order chi connectivity index (χ1) is 9.46. The molecular formula is C16H14F3S+. The Kier molecular flexibility index (Phi) is 4.55. The molecule has 104 valence electrons. The molecule has 0 heterocycles. The Morgan fingerprint density at radius 2 is 1.40 bits per heavy atom. The number of halogens is 3. The van der Waals surface area contributed by atoms with Gasteiger partial charge in [-0.15, -0.1) is 0 Å². The molecule has 0 bridgehead atoms. The van der Waals surface area contributed by atoms with Crippen molar-refractivity contribution in [3.8, 4) is 0 Å². The van der Waals surface area contributed by atoms with E-state index in [1.807, 2.05) is 61.5 Å². The summed E-state index contributed by atoms with van der Waals surface area (Å²) in [6, 6.07) is 16.8. The lowest BCUT2D eigenvalue weighted by Gasteiger charge is -2.04. The summed E-state index contributed by atoms with van der Waals surface area (Å²) in [7, 11) is -0.707. The summed E-state index contributed by atoms with van der Waals surface area (Å²) in [5, 5.41) is 1.24. The second-order valence-electron chi connectivity index (χ2n) is 4.31. The molecule has 0 aliphatic rings. The maximum absolute atomic E-state index is 12.4. The Hall–Kier alpha value is -1.68. The lowest BCUT2D eigenvalue weighted by Crippen LogP contribution is -2.05. The smallest absolute Gasteiger partial charge is 0.167 e. The molecule has 0 spiro atoms. The van der Waals surface area contributed by atoms with E-state index in [1.165, 1.54) is 5.41 Å². The van der Waals surface area contributed by atoms with Crippen molar-refractivity contribution < 1.29 is 13.2 Å². The molecule has 0 amide bonds. The van der Waals surface area contributed by atoms with Gasteiger partial charge in [0.1, 0.15) is 5.41 Å². The fourth-order valence-electron chi connectivity index (χ4n) is 1.69. The third kappa shape index (κ3) is 4.17. The summed E-state index contributed by atoms with van der Waals surface area (Å²) in [5.74, 6) is 0. The highest BCUT2D eigenvalue weighted by molar-refractivity contribution is 7.99. The van der Waals surface area contributed by atoms with Crippen LogP contribution in [0, 0.1) is 6.92 Å². The lowest BCUT2D eigenvalue weighted by molar-refractivity contribution is -0.0796. The average Bonchev–Trinajstić information content (AvgIpc) is 2.41. The van der Waals surface area contributed by atoms with Crippen molar-refractivity contribution in [1.29, 1.82) is 0 Å². The van der Waals surface area contributed by atoms with Crippen LogP contribution < -0.4 is 0 Å². The molecule has 1 unspecified atom stereocenters. The Bertz CT molecular complexity index is 571. The van der Waals surface area contributed by atoms with Crippen molar-refractivity contribution >= 4 is 10.9 Å². The van der Waals surface area contributed by atoms with Crippen molar-refractivity contribution in [3.05, 3.63) is 71.6 Å². The van der Waals surface area contributed by atoms with Gasteiger partial charge >= 0.3 is 6.18 Å². The molecular weight excluding hydrogens is 281 g/mol. The highest BCUT2D eigenvalue weighted by atomic mass is 32.2. The van der Waals surface area contributed by atoms with Gasteiger partial charge in [-0.25, -0.2) is 0 Å². The minimum absolute atomic E-state index is 0.322. The van der Waals surface area contributed by atoms with Crippen LogP contribution in [0.1, 0.15) is 5.56 Å². The van der Waals surface area contributed by atoms with Gasteiger partial charge in [0, 0.05) is 0 Å². The molecule has 0 N–H and O–H groups in total. The number of hydrogen-bond acceptors (Lipinski definition) is 0. The highest BCUT2D eigenvalue weighted by Gasteiger charge is 2.28. The maximum atomic E-state index is 12.4. The van der Waals surface area contributed by atoms with Crippen molar-refractivity contribution in [1.82, 2.24) is 0 Å². The number of benzene rings is 2. The van der Waals surface area contributed by atoms with E-state index in [0.717, 1.165) is 15.4 Å². The second kappa shape index (κ2) is 6.18. The van der Waals surface area contributed by atoms with Crippen LogP contribution >= 0.6 is 0 Å². The van der Waals surface area contributed by atoms with E-state index in [1.54, 1.807) is 0 Å². The van der Waals surface area contributed by atoms with Gasteiger partial charge in [-0.1, -0.05) is 35.9 Å². The fraction of sp³-hybridized carbons (Fsp3) is 0.125. The monoisotopic (exact) mass is 295 g/mol. The van der Waals surface area contributed by atoms with E-state index in [4.69, 9.17) is 0 Å². The third-order valence-corrected chi connectivity index (χ3v) is 4.63. The molecule has 0 fully saturated rings. The molecule has 0 saturated heterocycles. The van der Waals surface area contributed by atoms with Crippen molar-refractivity contribution in [2.45, 2.75) is 22.9 Å². The summed E-state index contributed by atoms with van der Waals surface area (Å²) >= 11 is 0. The first kappa shape index (κ1) is 14.7. The maximum Gasteiger partial charge on any atom is 0.413 e. The van der Waals surface area contributed by atoms with Crippen LogP contribution in [-0.4, -0.2) is 6.18 Å². The molecule has 0 aliphatic carbocycles. The highest BCUT2D eigenvalue weighted by Crippen LogP contribution is 2.27. The standard InChI is InChI=1S/C16H14F3S/c1-13-7-9-15(10-8-13)20(12-11-16(17,18)19)14-5-3-2-4-6-14/h2-12H,1H3/q+1. The van der Waals surface area contributed by atoms with Gasteiger partial charge in [0.15, 0.2) is 9.79 Å². The number of hydrogen-bond donors (Lipinski definition) is 0. The molecule has 2 aromatic rings. The Labute approximate surface area is 119 Å². The molecule has 0 radical (unpaired) electrons. The molecule has 2 rings (SSSR count). The minimum atomic E-state index is -4.29. The van der Waals surface area contributed by atoms with E-state index in [2.05, 4.69) is 0 Å². The van der Waals surface area contributed by atoms with Crippen LogP contribution in [0.4, 0.5) is 13.2 Å². The first-order valence-corrected chi connectivity index (χ1v) is 7.35. The van der Waals surface area contributed by atoms with Gasteiger partial charge in [-0.3, -0.25) is 0 Å². The van der Waals surface area contributed by atoms with Crippen LogP contribution in [0.25, 0.3) is 0 Å². The summed E-state index contributed by atoms with van der Waals surface area (Å²) in [5.41, 5.74) is 1.09. The van der Waals surface area contributed by atoms with Crippen LogP contribution in [0.5, 0.6) is 0 Å². The molecule has 0 saturated carbocycles. The van der Waals surface area contributed by atoms with E-state index < -0.39 is 17.1 Å². The van der Waals surface area contributed by atoms with Gasteiger partial charge in [0.05, 0.1) is 17.0 Å². The Morgan fingerprint density at radius 1 is 0.850 bits per heavy atom. The molecule has 0 nitrogen and oxygen atoms in total. The zero-order chi connectivity index (χ0) is 14.6. The average molecular weight is 295 g/mol. The molecule has 1 atom stereocenters. The third-order valence-electron chi connectivity index (χ3n) is 2.67. The van der Waals surface area contributed by atoms with Crippen molar-refractivity contribution in [2.24, 2.45) is 0 Å². The molecule has 0 aromatic heterocycles. The molecule has 2 aromatic carbocycles. The number of rotatable bonds is 3. The minimum Gasteiger partial charge on any atom is -0.167 e. The summed E-state index contributed by atoms with van der Waals surface area (Å²) in [6.07, 6.45) is -3.96. The van der Waals surface area contributed by atoms with Gasteiger partial charge < -0.3 is 0 Å². The second-order valence-corrected chi connectivity index (χ2v) is 6.20. The summed E-state index contributed by atoms with van der Waals surface area (Å²) < 4.78 is 37.3. The fourth-order valence-corrected chi connectivity index (χ4v) is 3.45. The quantitative estimate of drug-likeness (QED) is 0.690. The van der Waals surface area contributed by atoms with Gasteiger partial charge in [-0.2, -0.15) is 13.2 Å². The largest absolute Gasteiger partial charge is 0.413 e. The first-order valence-electron chi connectivity index (χ1n) is 6.06. The number of aryl methyl sites for hydroxylation is 1. The van der Waals surface area contributed by atoms with Gasteiger partial charge in [0.25, 0.3) is 0 Å². The van der Waals surface area contributed by atoms with Crippen LogP contribution in [0.3, 0.4) is 0 Å². The topological polar surface area (TPSA) is 0 Å². The van der Waals surface area contributed by atoms with Crippen LogP contribution in [0.2, 0.25) is 0 Å². The predicted octanol–water partition coefficient (Wildman–Crippen LogP) is 5.11.